The number of rotatable bonds is 11. The Kier molecular flexibility index (Phi) is 11.2. The lowest BCUT2D eigenvalue weighted by molar-refractivity contribution is -0.136. The average molecular weight is 635 g/mol. The van der Waals surface area contributed by atoms with Crippen molar-refractivity contribution in [2.24, 2.45) is 0 Å². The van der Waals surface area contributed by atoms with Crippen LogP contribution in [0.4, 0.5) is 0 Å². The van der Waals surface area contributed by atoms with Gasteiger partial charge in [0.05, 0.1) is 40.5 Å². The third kappa shape index (κ3) is 8.49. The van der Waals surface area contributed by atoms with Crippen LogP contribution in [-0.4, -0.2) is 61.4 Å². The maximum atomic E-state index is 11.9. The molecular formula is C31H30N4O7S2. The van der Waals surface area contributed by atoms with Gasteiger partial charge < -0.3 is 25.4 Å². The molecule has 1 atom stereocenters. The summed E-state index contributed by atoms with van der Waals surface area (Å²) in [7, 11) is 0. The lowest BCUT2D eigenvalue weighted by Crippen LogP contribution is -2.07. The Hall–Kier alpha value is -4.59. The van der Waals surface area contributed by atoms with Crippen molar-refractivity contribution in [1.29, 1.82) is 0 Å². The van der Waals surface area contributed by atoms with E-state index in [1.54, 1.807) is 36.2 Å². The molecule has 1 aliphatic rings. The van der Waals surface area contributed by atoms with Gasteiger partial charge >= 0.3 is 17.9 Å². The number of carbonyl (C=O) groups is 3. The highest BCUT2D eigenvalue weighted by Crippen LogP contribution is 2.44. The summed E-state index contributed by atoms with van der Waals surface area (Å²) in [6.45, 7) is 5.01. The van der Waals surface area contributed by atoms with E-state index in [2.05, 4.69) is 31.7 Å². The Morgan fingerprint density at radius 2 is 1.52 bits per heavy atom. The molecule has 0 radical (unpaired) electrons. The molecule has 0 fully saturated rings. The monoisotopic (exact) mass is 634 g/mol. The number of nitrogens with one attached hydrogen (secondary N) is 1. The van der Waals surface area contributed by atoms with Crippen LogP contribution in [0.15, 0.2) is 66.4 Å². The number of aromatic carboxylic acids is 2. The molecule has 4 aromatic rings. The number of carboxylic acids is 3. The van der Waals surface area contributed by atoms with Crippen molar-refractivity contribution >= 4 is 45.9 Å². The number of pyridine rings is 3. The van der Waals surface area contributed by atoms with Gasteiger partial charge in [-0.2, -0.15) is 0 Å². The molecule has 0 saturated carbocycles. The number of carboxylic acid groups (broad SMARTS) is 3. The number of thioether (sulfide) groups is 1. The van der Waals surface area contributed by atoms with Crippen LogP contribution in [0.1, 0.15) is 62.4 Å². The van der Waals surface area contributed by atoms with Gasteiger partial charge in [0.1, 0.15) is 5.37 Å². The van der Waals surface area contributed by atoms with Crippen molar-refractivity contribution in [3.05, 3.63) is 93.6 Å². The SMILES string of the molecule is CCC(=O)O.CCOCCc1csc(C2=CNC(c3ccnc(-c4cc(C(=O)O)cc(-c5cc(C(=O)O)ccn5)n4)c3)S2)c1. The Bertz CT molecular complexity index is 1690. The third-order valence-corrected chi connectivity index (χ3v) is 8.62. The van der Waals surface area contributed by atoms with Gasteiger partial charge in [0, 0.05) is 41.4 Å². The lowest BCUT2D eigenvalue weighted by Gasteiger charge is -2.13. The highest BCUT2D eigenvalue weighted by molar-refractivity contribution is 8.08. The molecule has 5 rings (SSSR count). The van der Waals surface area contributed by atoms with Crippen molar-refractivity contribution in [1.82, 2.24) is 20.3 Å². The van der Waals surface area contributed by atoms with E-state index in [4.69, 9.17) is 9.84 Å². The first kappa shape index (κ1) is 32.3. The van der Waals surface area contributed by atoms with E-state index in [1.165, 1.54) is 40.9 Å². The van der Waals surface area contributed by atoms with Crippen LogP contribution in [0.5, 0.6) is 0 Å². The summed E-state index contributed by atoms with van der Waals surface area (Å²) in [4.78, 5) is 48.2. The summed E-state index contributed by atoms with van der Waals surface area (Å²) in [6, 6.07) is 11.5. The van der Waals surface area contributed by atoms with Crippen molar-refractivity contribution in [3.63, 3.8) is 0 Å². The van der Waals surface area contributed by atoms with Gasteiger partial charge in [-0.15, -0.1) is 11.3 Å². The Morgan fingerprint density at radius 1 is 0.886 bits per heavy atom. The van der Waals surface area contributed by atoms with E-state index in [-0.39, 0.29) is 34.3 Å². The van der Waals surface area contributed by atoms with Crippen molar-refractivity contribution in [2.45, 2.75) is 32.1 Å². The summed E-state index contributed by atoms with van der Waals surface area (Å²) >= 11 is 3.40. The van der Waals surface area contributed by atoms with E-state index in [0.29, 0.717) is 24.6 Å². The molecule has 228 valence electrons. The minimum Gasteiger partial charge on any atom is -0.481 e. The van der Waals surface area contributed by atoms with Crippen molar-refractivity contribution < 1.29 is 34.4 Å². The molecule has 0 amide bonds. The third-order valence-electron chi connectivity index (χ3n) is 6.24. The fourth-order valence-corrected chi connectivity index (χ4v) is 6.11. The second-order valence-electron chi connectivity index (χ2n) is 9.33. The molecule has 1 aliphatic heterocycles. The molecular weight excluding hydrogens is 604 g/mol. The number of ether oxygens (including phenoxy) is 1. The van der Waals surface area contributed by atoms with Gasteiger partial charge in [-0.3, -0.25) is 14.8 Å². The van der Waals surface area contributed by atoms with Crippen LogP contribution < -0.4 is 5.32 Å². The quantitative estimate of drug-likeness (QED) is 0.141. The zero-order chi connectivity index (χ0) is 31.6. The molecule has 1 unspecified atom stereocenters. The van der Waals surface area contributed by atoms with Crippen LogP contribution in [0.25, 0.3) is 27.7 Å². The normalized spacial score (nSPS) is 13.8. The van der Waals surface area contributed by atoms with Gasteiger partial charge in [0.25, 0.3) is 0 Å². The van der Waals surface area contributed by atoms with Crippen molar-refractivity contribution in [2.75, 3.05) is 13.2 Å². The van der Waals surface area contributed by atoms with E-state index < -0.39 is 17.9 Å². The molecule has 4 N–H and O–H groups in total. The standard InChI is InChI=1S/C28H24N4O5S2.C3H6O2/c1-2-37-8-5-16-9-24(38-15-16)25-14-31-26(39-25)17-3-6-29-20(10-17)22-12-19(28(35)36)13-23(32-22)21-11-18(27(33)34)4-7-30-21;1-2-3(4)5/h3-4,6-7,9-15,26,31H,2,5,8H2,1H3,(H,33,34)(H,35,36);2H2,1H3,(H,4,5). The largest absolute Gasteiger partial charge is 0.481 e. The Labute approximate surface area is 261 Å². The molecule has 5 heterocycles. The summed E-state index contributed by atoms with van der Waals surface area (Å²) in [5, 5.41) is 32.3. The van der Waals surface area contributed by atoms with Crippen LogP contribution in [0.3, 0.4) is 0 Å². The minimum atomic E-state index is -1.14. The van der Waals surface area contributed by atoms with Gasteiger partial charge in [-0.25, -0.2) is 14.6 Å². The molecule has 13 heteroatoms. The fraction of sp³-hybridized carbons (Fsp3) is 0.226. The summed E-state index contributed by atoms with van der Waals surface area (Å²) in [5.74, 6) is -2.99. The van der Waals surface area contributed by atoms with Gasteiger partial charge in [0.15, 0.2) is 0 Å². The van der Waals surface area contributed by atoms with Gasteiger partial charge in [-0.1, -0.05) is 18.7 Å². The first-order valence-corrected chi connectivity index (χ1v) is 15.4. The van der Waals surface area contributed by atoms with E-state index in [1.807, 2.05) is 25.3 Å². The highest BCUT2D eigenvalue weighted by atomic mass is 32.2. The number of aliphatic carboxylic acids is 1. The second kappa shape index (κ2) is 15.2. The minimum absolute atomic E-state index is 0.000105. The predicted molar refractivity (Wildman–Crippen MR) is 169 cm³/mol. The molecule has 4 aromatic heterocycles. The summed E-state index contributed by atoms with van der Waals surface area (Å²) in [5.41, 5.74) is 3.59. The van der Waals surface area contributed by atoms with E-state index in [9.17, 15) is 24.6 Å². The molecule has 0 aromatic carbocycles. The highest BCUT2D eigenvalue weighted by Gasteiger charge is 2.23. The smallest absolute Gasteiger partial charge is 0.335 e. The molecule has 11 nitrogen and oxygen atoms in total. The lowest BCUT2D eigenvalue weighted by atomic mass is 10.1. The van der Waals surface area contributed by atoms with Crippen LogP contribution >= 0.6 is 23.1 Å². The Balaban J connectivity index is 0.000000818. The molecule has 0 aliphatic carbocycles. The first-order valence-electron chi connectivity index (χ1n) is 13.6. The molecule has 0 bridgehead atoms. The van der Waals surface area contributed by atoms with Crippen molar-refractivity contribution in [3.8, 4) is 22.8 Å². The van der Waals surface area contributed by atoms with E-state index in [0.717, 1.165) is 16.9 Å². The summed E-state index contributed by atoms with van der Waals surface area (Å²) < 4.78 is 5.46. The number of aromatic nitrogens is 3. The molecule has 0 spiro atoms. The number of thiophene rings is 1. The molecule has 0 saturated heterocycles. The second-order valence-corrected chi connectivity index (χ2v) is 11.4. The average Bonchev–Trinajstić information content (AvgIpc) is 3.72. The van der Waals surface area contributed by atoms with Crippen LogP contribution in [-0.2, 0) is 16.0 Å². The maximum Gasteiger partial charge on any atom is 0.335 e. The zero-order valence-corrected chi connectivity index (χ0v) is 25.5. The zero-order valence-electron chi connectivity index (χ0n) is 23.9. The fourth-order valence-electron chi connectivity index (χ4n) is 3.98. The molecule has 44 heavy (non-hydrogen) atoms. The van der Waals surface area contributed by atoms with Crippen LogP contribution in [0, 0.1) is 0 Å². The Morgan fingerprint density at radius 3 is 2.16 bits per heavy atom. The topological polar surface area (TPSA) is 172 Å². The maximum absolute atomic E-state index is 11.9. The number of nitrogens with zero attached hydrogens (tertiary/aromatic N) is 3. The first-order chi connectivity index (χ1) is 21.2. The number of hydrogen-bond donors (Lipinski definition) is 4. The van der Waals surface area contributed by atoms with Gasteiger partial charge in [0.2, 0.25) is 0 Å². The predicted octanol–water partition coefficient (Wildman–Crippen LogP) is 6.06. The van der Waals surface area contributed by atoms with Gasteiger partial charge in [-0.05, 0) is 72.3 Å². The van der Waals surface area contributed by atoms with E-state index >= 15 is 0 Å². The number of hydrogen-bond acceptors (Lipinski definition) is 10. The summed E-state index contributed by atoms with van der Waals surface area (Å²) in [6.07, 6.45) is 6.14. The van der Waals surface area contributed by atoms with Crippen LogP contribution in [0.2, 0.25) is 0 Å².